The van der Waals surface area contributed by atoms with Gasteiger partial charge in [-0.05, 0) is 55.7 Å². The van der Waals surface area contributed by atoms with Crippen LogP contribution in [0.5, 0.6) is 5.75 Å². The van der Waals surface area contributed by atoms with Gasteiger partial charge in [-0.3, -0.25) is 9.48 Å². The van der Waals surface area contributed by atoms with Crippen molar-refractivity contribution in [3.8, 4) is 5.75 Å². The maximum Gasteiger partial charge on any atom is 0.258 e. The van der Waals surface area contributed by atoms with Crippen molar-refractivity contribution in [1.29, 1.82) is 0 Å². The van der Waals surface area contributed by atoms with Gasteiger partial charge in [-0.15, -0.1) is 0 Å². The van der Waals surface area contributed by atoms with E-state index >= 15 is 0 Å². The Bertz CT molecular complexity index is 1100. The van der Waals surface area contributed by atoms with Gasteiger partial charge in [0.05, 0.1) is 29.9 Å². The zero-order valence-electron chi connectivity index (χ0n) is 18.0. The van der Waals surface area contributed by atoms with Crippen LogP contribution in [0.25, 0.3) is 10.9 Å². The maximum absolute atomic E-state index is 14.0. The molecule has 4 rings (SSSR count). The molecule has 164 valence electrons. The van der Waals surface area contributed by atoms with Gasteiger partial charge in [0.15, 0.2) is 11.6 Å². The Balaban J connectivity index is 1.59. The molecule has 0 atom stereocenters. The lowest BCUT2D eigenvalue weighted by atomic mass is 9.80. The van der Waals surface area contributed by atoms with Crippen molar-refractivity contribution in [3.63, 3.8) is 0 Å². The van der Waals surface area contributed by atoms with E-state index in [4.69, 9.17) is 9.84 Å². The lowest BCUT2D eigenvalue weighted by Crippen LogP contribution is -2.21. The van der Waals surface area contributed by atoms with Crippen LogP contribution in [-0.4, -0.2) is 22.8 Å². The summed E-state index contributed by atoms with van der Waals surface area (Å²) < 4.78 is 34.9. The van der Waals surface area contributed by atoms with E-state index in [0.717, 1.165) is 35.7 Å². The predicted octanol–water partition coefficient (Wildman–Crippen LogP) is 5.96. The van der Waals surface area contributed by atoms with Crippen LogP contribution in [0.15, 0.2) is 36.5 Å². The summed E-state index contributed by atoms with van der Waals surface area (Å²) in [6.45, 7) is 4.57. The molecule has 1 heterocycles. The molecule has 5 nitrogen and oxygen atoms in total. The fourth-order valence-corrected chi connectivity index (χ4v) is 4.43. The van der Waals surface area contributed by atoms with Crippen LogP contribution in [0, 0.1) is 23.5 Å². The number of methoxy groups -OCH3 is 1. The average molecular weight is 427 g/mol. The molecule has 1 aliphatic rings. The van der Waals surface area contributed by atoms with Gasteiger partial charge in [0.1, 0.15) is 5.75 Å². The number of aromatic nitrogens is 2. The number of nitrogens with zero attached hydrogens (tertiary/aromatic N) is 2. The first-order valence-corrected chi connectivity index (χ1v) is 10.7. The van der Waals surface area contributed by atoms with Crippen molar-refractivity contribution in [2.75, 3.05) is 12.4 Å². The highest BCUT2D eigenvalue weighted by Crippen LogP contribution is 2.37. The Morgan fingerprint density at radius 1 is 1.19 bits per heavy atom. The number of hydrogen-bond donors (Lipinski definition) is 1. The van der Waals surface area contributed by atoms with E-state index in [9.17, 15) is 13.6 Å². The van der Waals surface area contributed by atoms with Gasteiger partial charge in [0, 0.05) is 17.6 Å². The first-order valence-electron chi connectivity index (χ1n) is 10.7. The summed E-state index contributed by atoms with van der Waals surface area (Å²) >= 11 is 0. The molecule has 2 aromatic carbocycles. The summed E-state index contributed by atoms with van der Waals surface area (Å²) in [4.78, 5) is 12.5. The third kappa shape index (κ3) is 4.27. The lowest BCUT2D eigenvalue weighted by molar-refractivity contribution is 0.102. The van der Waals surface area contributed by atoms with Crippen molar-refractivity contribution in [2.45, 2.75) is 45.6 Å². The minimum absolute atomic E-state index is 0.354. The summed E-state index contributed by atoms with van der Waals surface area (Å²) in [6.07, 6.45) is 6.56. The molecule has 0 bridgehead atoms. The van der Waals surface area contributed by atoms with E-state index in [0.29, 0.717) is 23.4 Å². The second-order valence-electron chi connectivity index (χ2n) is 8.59. The van der Waals surface area contributed by atoms with E-state index < -0.39 is 17.5 Å². The molecule has 0 spiro atoms. The van der Waals surface area contributed by atoms with Crippen molar-refractivity contribution in [3.05, 3.63) is 53.7 Å². The molecule has 3 aromatic rings. The highest BCUT2D eigenvalue weighted by atomic mass is 19.2. The molecule has 1 N–H and O–H groups in total. The summed E-state index contributed by atoms with van der Waals surface area (Å²) in [6, 6.07) is 7.38. The van der Waals surface area contributed by atoms with Crippen LogP contribution >= 0.6 is 0 Å². The molecule has 1 fully saturated rings. The number of halogens is 2. The first kappa shape index (κ1) is 21.3. The van der Waals surface area contributed by atoms with Crippen LogP contribution in [0.1, 0.15) is 55.9 Å². The number of anilines is 1. The minimum atomic E-state index is -1.18. The van der Waals surface area contributed by atoms with Crippen molar-refractivity contribution in [2.24, 2.45) is 11.8 Å². The molecule has 7 heteroatoms. The summed E-state index contributed by atoms with van der Waals surface area (Å²) in [5.74, 6) is -1.10. The molecule has 1 aromatic heterocycles. The largest absolute Gasteiger partial charge is 0.494 e. The predicted molar refractivity (Wildman–Crippen MR) is 116 cm³/mol. The molecule has 0 saturated heterocycles. The van der Waals surface area contributed by atoms with Gasteiger partial charge >= 0.3 is 0 Å². The summed E-state index contributed by atoms with van der Waals surface area (Å²) in [5.41, 5.74) is 0.782. The number of rotatable bonds is 5. The fraction of sp³-hybridized carbons (Fsp3) is 0.417. The number of fused-ring (bicyclic) bond motifs is 1. The van der Waals surface area contributed by atoms with Gasteiger partial charge < -0.3 is 10.1 Å². The number of nitrogens with one attached hydrogen (secondary N) is 1. The lowest BCUT2D eigenvalue weighted by Gasteiger charge is -2.30. The van der Waals surface area contributed by atoms with E-state index in [1.807, 2.05) is 10.9 Å². The molecule has 0 radical (unpaired) electrons. The minimum Gasteiger partial charge on any atom is -0.494 e. The Hall–Kier alpha value is -2.96. The Morgan fingerprint density at radius 3 is 2.61 bits per heavy atom. The second-order valence-corrected chi connectivity index (χ2v) is 8.59. The highest BCUT2D eigenvalue weighted by Gasteiger charge is 2.25. The monoisotopic (exact) mass is 427 g/mol. The number of amides is 1. The highest BCUT2D eigenvalue weighted by molar-refractivity contribution is 6.06. The number of benzene rings is 2. The number of carbonyl (C=O) groups excluding carboxylic acids is 1. The zero-order chi connectivity index (χ0) is 22.1. The van der Waals surface area contributed by atoms with E-state index in [1.165, 1.54) is 32.1 Å². The zero-order valence-corrected chi connectivity index (χ0v) is 18.0. The molecule has 0 unspecified atom stereocenters. The first-order chi connectivity index (χ1) is 14.9. The van der Waals surface area contributed by atoms with Crippen LogP contribution in [0.3, 0.4) is 0 Å². The van der Waals surface area contributed by atoms with Crippen LogP contribution in [-0.2, 0) is 0 Å². The molecule has 1 aliphatic carbocycles. The number of hydrogen-bond acceptors (Lipinski definition) is 3. The van der Waals surface area contributed by atoms with Crippen LogP contribution < -0.4 is 10.1 Å². The van der Waals surface area contributed by atoms with Crippen LogP contribution in [0.2, 0.25) is 0 Å². The van der Waals surface area contributed by atoms with Crippen molar-refractivity contribution in [1.82, 2.24) is 9.78 Å². The topological polar surface area (TPSA) is 56.1 Å². The van der Waals surface area contributed by atoms with E-state index in [1.54, 1.807) is 12.1 Å². The standard InChI is InChI=1S/C24H27F2N3O2/c1-14(2)15-7-9-17(10-8-15)29-13-16-11-21(22(31-3)12-20(16)28-29)27-24(30)18-5-4-6-19(25)23(18)26/h4-6,11-15,17H,7-10H2,1-3H3,(H,27,30). The smallest absolute Gasteiger partial charge is 0.258 e. The van der Waals surface area contributed by atoms with Crippen LogP contribution in [0.4, 0.5) is 14.5 Å². The summed E-state index contributed by atoms with van der Waals surface area (Å²) in [7, 11) is 1.49. The molecule has 1 saturated carbocycles. The molecule has 1 amide bonds. The normalized spacial score (nSPS) is 19.0. The molecular weight excluding hydrogens is 400 g/mol. The Labute approximate surface area is 180 Å². The van der Waals surface area contributed by atoms with Gasteiger partial charge in [0.2, 0.25) is 0 Å². The average Bonchev–Trinajstić information content (AvgIpc) is 3.18. The SMILES string of the molecule is COc1cc2nn(C3CCC(C(C)C)CC3)cc2cc1NC(=O)c1cccc(F)c1F. The number of ether oxygens (including phenoxy) is 1. The Morgan fingerprint density at radius 2 is 1.94 bits per heavy atom. The molecule has 0 aliphatic heterocycles. The summed E-state index contributed by atoms with van der Waals surface area (Å²) in [5, 5.41) is 8.22. The van der Waals surface area contributed by atoms with Crippen molar-refractivity contribution >= 4 is 22.5 Å². The third-order valence-corrected chi connectivity index (χ3v) is 6.35. The third-order valence-electron chi connectivity index (χ3n) is 6.35. The maximum atomic E-state index is 14.0. The number of carbonyl (C=O) groups is 1. The second kappa shape index (κ2) is 8.65. The van der Waals surface area contributed by atoms with E-state index in [2.05, 4.69) is 19.2 Å². The van der Waals surface area contributed by atoms with Gasteiger partial charge in [-0.2, -0.15) is 5.10 Å². The van der Waals surface area contributed by atoms with E-state index in [-0.39, 0.29) is 5.56 Å². The van der Waals surface area contributed by atoms with Crippen molar-refractivity contribution < 1.29 is 18.3 Å². The van der Waals surface area contributed by atoms with Gasteiger partial charge in [-0.25, -0.2) is 8.78 Å². The fourth-order valence-electron chi connectivity index (χ4n) is 4.43. The quantitative estimate of drug-likeness (QED) is 0.546. The van der Waals surface area contributed by atoms with Gasteiger partial charge in [-0.1, -0.05) is 19.9 Å². The Kier molecular flexibility index (Phi) is 5.94. The molecular formula is C24H27F2N3O2. The van der Waals surface area contributed by atoms with Gasteiger partial charge in [0.25, 0.3) is 5.91 Å². The molecule has 31 heavy (non-hydrogen) atoms.